The first-order chi connectivity index (χ1) is 11.0. The van der Waals surface area contributed by atoms with Gasteiger partial charge in [-0.1, -0.05) is 64.7 Å². The van der Waals surface area contributed by atoms with Crippen molar-refractivity contribution in [3.05, 3.63) is 0 Å². The van der Waals surface area contributed by atoms with Crippen LogP contribution in [0.1, 0.15) is 77.6 Å². The molecule has 1 aliphatic rings. The van der Waals surface area contributed by atoms with Gasteiger partial charge >= 0.3 is 0 Å². The first-order valence-corrected chi connectivity index (χ1v) is 10.4. The van der Waals surface area contributed by atoms with Crippen LogP contribution in [0.5, 0.6) is 0 Å². The molecule has 0 aliphatic carbocycles. The minimum absolute atomic E-state index is 0. The summed E-state index contributed by atoms with van der Waals surface area (Å²) < 4.78 is 25.5. The molecule has 0 aromatic heterocycles. The summed E-state index contributed by atoms with van der Waals surface area (Å²) in [7, 11) is -4.92. The third-order valence-corrected chi connectivity index (χ3v) is 4.49. The molecular formula is C16H39N2O6P. The van der Waals surface area contributed by atoms with Crippen molar-refractivity contribution in [2.75, 3.05) is 13.2 Å². The first-order valence-electron chi connectivity index (χ1n) is 8.95. The number of ether oxygens (including phenoxy) is 2. The van der Waals surface area contributed by atoms with E-state index in [2.05, 4.69) is 11.4 Å². The molecule has 8 nitrogen and oxygen atoms in total. The summed E-state index contributed by atoms with van der Waals surface area (Å²) in [4.78, 5) is 20.8. The van der Waals surface area contributed by atoms with Crippen molar-refractivity contribution in [1.82, 2.24) is 12.3 Å². The van der Waals surface area contributed by atoms with E-state index >= 15 is 0 Å². The molecule has 0 saturated carbocycles. The molecule has 8 N–H and O–H groups in total. The van der Waals surface area contributed by atoms with Crippen LogP contribution in [0.2, 0.25) is 0 Å². The number of unbranched alkanes of at least 4 members (excludes halogenated alkanes) is 9. The zero-order valence-corrected chi connectivity index (χ0v) is 17.1. The van der Waals surface area contributed by atoms with Crippen LogP contribution >= 0.6 is 7.82 Å². The Hall–Kier alpha value is -0.0500. The molecule has 1 heterocycles. The summed E-state index contributed by atoms with van der Waals surface area (Å²) in [6.45, 7) is 2.26. The summed E-state index contributed by atoms with van der Waals surface area (Å²) in [5.41, 5.74) is 0. The highest BCUT2D eigenvalue weighted by Crippen LogP contribution is 2.27. The van der Waals surface area contributed by atoms with Gasteiger partial charge in [0.05, 0.1) is 21.0 Å². The second kappa shape index (κ2) is 16.1. The fourth-order valence-corrected chi connectivity index (χ4v) is 3.07. The van der Waals surface area contributed by atoms with Gasteiger partial charge in [0.1, 0.15) is 6.10 Å². The molecule has 154 valence electrons. The highest BCUT2D eigenvalue weighted by atomic mass is 31.2. The fraction of sp³-hybridized carbons (Fsp3) is 1.00. The average Bonchev–Trinajstić information content (AvgIpc) is 2.94. The number of quaternary nitrogens is 2. The zero-order valence-electron chi connectivity index (χ0n) is 16.2. The van der Waals surface area contributed by atoms with E-state index in [-0.39, 0.29) is 31.8 Å². The van der Waals surface area contributed by atoms with Gasteiger partial charge in [0.2, 0.25) is 0 Å². The maximum atomic E-state index is 10.4. The monoisotopic (exact) mass is 386 g/mol. The van der Waals surface area contributed by atoms with Crippen LogP contribution in [0.3, 0.4) is 0 Å². The molecular weight excluding hydrogens is 347 g/mol. The van der Waals surface area contributed by atoms with Gasteiger partial charge in [-0.3, -0.25) is 0 Å². The largest absolute Gasteiger partial charge is 0.790 e. The number of phosphoric acid groups is 1. The van der Waals surface area contributed by atoms with Crippen molar-refractivity contribution in [1.29, 1.82) is 0 Å². The van der Waals surface area contributed by atoms with Crippen LogP contribution in [0, 0.1) is 0 Å². The molecule has 9 heteroatoms. The van der Waals surface area contributed by atoms with Gasteiger partial charge in [-0.15, -0.1) is 0 Å². The molecule has 0 amide bonds. The molecule has 0 radical (unpaired) electrons. The van der Waals surface area contributed by atoms with E-state index in [4.69, 9.17) is 9.47 Å². The Morgan fingerprint density at radius 2 is 1.48 bits per heavy atom. The molecule has 1 rings (SSSR count). The lowest BCUT2D eigenvalue weighted by Gasteiger charge is -2.29. The zero-order chi connectivity index (χ0) is 17.0. The number of rotatable bonds is 14. The maximum absolute atomic E-state index is 10.4. The summed E-state index contributed by atoms with van der Waals surface area (Å²) in [5, 5.41) is 0. The Kier molecular flexibility index (Phi) is 17.6. The van der Waals surface area contributed by atoms with E-state index in [1.165, 1.54) is 51.4 Å². The van der Waals surface area contributed by atoms with Gasteiger partial charge in [-0.2, -0.15) is 0 Å². The van der Waals surface area contributed by atoms with Crippen LogP contribution in [0.15, 0.2) is 0 Å². The van der Waals surface area contributed by atoms with Gasteiger partial charge in [-0.05, 0) is 12.8 Å². The second-order valence-corrected chi connectivity index (χ2v) is 7.39. The Balaban J connectivity index is 0. The van der Waals surface area contributed by atoms with Crippen molar-refractivity contribution in [3.8, 4) is 0 Å². The lowest BCUT2D eigenvalue weighted by molar-refractivity contribution is -0.342. The topological polar surface area (TPSA) is 164 Å². The van der Waals surface area contributed by atoms with E-state index in [0.29, 0.717) is 0 Å². The minimum Gasteiger partial charge on any atom is -0.790 e. The first kappa shape index (κ1) is 27.2. The van der Waals surface area contributed by atoms with E-state index in [9.17, 15) is 14.4 Å². The SMILES string of the molecule is CCCCCCCCCCCCC1OC[C@@H](COP(=O)([O-])[O-])O1.[NH4+].[NH4+]. The minimum atomic E-state index is -4.92. The van der Waals surface area contributed by atoms with Crippen LogP contribution in [-0.4, -0.2) is 25.6 Å². The van der Waals surface area contributed by atoms with Gasteiger partial charge in [0.25, 0.3) is 0 Å². The molecule has 0 aromatic carbocycles. The van der Waals surface area contributed by atoms with E-state index in [1.807, 2.05) is 0 Å². The molecule has 0 bridgehead atoms. The maximum Gasteiger partial charge on any atom is 0.158 e. The molecule has 2 atom stereocenters. The van der Waals surface area contributed by atoms with Crippen LogP contribution < -0.4 is 22.1 Å². The van der Waals surface area contributed by atoms with Crippen LogP contribution in [0.25, 0.3) is 0 Å². The molecule has 1 saturated heterocycles. The highest BCUT2D eigenvalue weighted by Gasteiger charge is 2.25. The molecule has 1 unspecified atom stereocenters. The van der Waals surface area contributed by atoms with Crippen LogP contribution in [-0.2, 0) is 18.6 Å². The summed E-state index contributed by atoms with van der Waals surface area (Å²) in [5.74, 6) is 0. The third-order valence-electron chi connectivity index (χ3n) is 4.02. The molecule has 1 fully saturated rings. The summed E-state index contributed by atoms with van der Waals surface area (Å²) >= 11 is 0. The predicted molar refractivity (Wildman–Crippen MR) is 96.6 cm³/mol. The predicted octanol–water partition coefficient (Wildman–Crippen LogP) is 3.64. The second-order valence-electron chi connectivity index (χ2n) is 6.23. The Morgan fingerprint density at radius 3 is 2.00 bits per heavy atom. The molecule has 25 heavy (non-hydrogen) atoms. The standard InChI is InChI=1S/C16H33O6P.2H3N/c1-2-3-4-5-6-7-8-9-10-11-12-16-20-13-15(22-16)14-21-23(17,18)19;;/h15-16H,2-14H2,1H3,(H2,17,18,19);2*1H3/t15-,16?;;/m0../s1. The van der Waals surface area contributed by atoms with Gasteiger partial charge in [0.15, 0.2) is 6.29 Å². The van der Waals surface area contributed by atoms with Gasteiger partial charge in [0, 0.05) is 0 Å². The van der Waals surface area contributed by atoms with Gasteiger partial charge < -0.3 is 40.7 Å². The van der Waals surface area contributed by atoms with E-state index in [1.54, 1.807) is 0 Å². The molecule has 1 aliphatic heterocycles. The Labute approximate surface area is 152 Å². The number of phosphoric ester groups is 1. The van der Waals surface area contributed by atoms with Crippen molar-refractivity contribution in [2.24, 2.45) is 0 Å². The molecule has 0 spiro atoms. The quantitative estimate of drug-likeness (QED) is 0.342. The Morgan fingerprint density at radius 1 is 0.960 bits per heavy atom. The average molecular weight is 386 g/mol. The third kappa shape index (κ3) is 15.9. The van der Waals surface area contributed by atoms with Gasteiger partial charge in [-0.25, -0.2) is 0 Å². The lowest BCUT2D eigenvalue weighted by atomic mass is 10.1. The lowest BCUT2D eigenvalue weighted by Crippen LogP contribution is -2.24. The van der Waals surface area contributed by atoms with E-state index in [0.717, 1.165) is 19.3 Å². The number of hydrogen-bond acceptors (Lipinski definition) is 6. The molecule has 0 aromatic rings. The van der Waals surface area contributed by atoms with E-state index < -0.39 is 13.9 Å². The summed E-state index contributed by atoms with van der Waals surface area (Å²) in [6, 6.07) is 0. The smallest absolute Gasteiger partial charge is 0.158 e. The highest BCUT2D eigenvalue weighted by molar-refractivity contribution is 7.43. The van der Waals surface area contributed by atoms with Crippen molar-refractivity contribution < 1.29 is 28.3 Å². The van der Waals surface area contributed by atoms with Crippen molar-refractivity contribution >= 4 is 7.82 Å². The van der Waals surface area contributed by atoms with Crippen molar-refractivity contribution in [3.63, 3.8) is 0 Å². The van der Waals surface area contributed by atoms with Crippen LogP contribution in [0.4, 0.5) is 0 Å². The van der Waals surface area contributed by atoms with Crippen molar-refractivity contribution in [2.45, 2.75) is 89.9 Å². The summed E-state index contributed by atoms with van der Waals surface area (Å²) in [6.07, 6.45) is 12.8. The normalized spacial score (nSPS) is 20.1. The fourth-order valence-electron chi connectivity index (χ4n) is 2.72. The Bertz CT molecular complexity index is 343. The number of hydrogen-bond donors (Lipinski definition) is 2.